The number of fused-ring (bicyclic) bond motifs is 10. The van der Waals surface area contributed by atoms with E-state index in [-0.39, 0.29) is 7.43 Å². The van der Waals surface area contributed by atoms with Crippen molar-refractivity contribution >= 4 is 41.0 Å². The van der Waals surface area contributed by atoms with Gasteiger partial charge >= 0.3 is 0 Å². The Hall–Kier alpha value is -10.4. The highest BCUT2D eigenvalue weighted by molar-refractivity contribution is 6.00. The second-order valence-corrected chi connectivity index (χ2v) is 21.1. The maximum atomic E-state index is 4.15. The zero-order valence-corrected chi connectivity index (χ0v) is 47.1. The molecule has 0 saturated carbocycles. The first-order valence-corrected chi connectivity index (χ1v) is 28.7. The van der Waals surface area contributed by atoms with E-state index in [1.54, 1.807) is 0 Å². The molecule has 10 aromatic rings. The van der Waals surface area contributed by atoms with E-state index >= 15 is 0 Å². The molecule has 0 fully saturated rings. The molecule has 0 bridgehead atoms. The standard InChI is InChI=1S/C83H64.CH4/c1-5-9-30-63(8-4)75(64(28-6-2)29-7-3)51-59-43-47-71-72-48-44-60(52-76(65-31-16-10-17-32-65)66-33-18-11-19-34-66)56-80(72)83(79(71)55-59)81-57-61(53-77(67-35-20-12-21-36-67)68-37-22-13-23-38-68)45-49-73(81)74-50-46-62(58-82(74)83)54-78(69-39-24-14-25-40-69)70-41-26-15-27-42-70;/h5-58H,1-2H2,3-4H3;1H4/b29-7-,30-9-,63-8+,64-28+,75-51-;. The van der Waals surface area contributed by atoms with Crippen LogP contribution >= 0.6 is 0 Å². The third kappa shape index (κ3) is 10.8. The second-order valence-electron chi connectivity index (χ2n) is 21.1. The van der Waals surface area contributed by atoms with Gasteiger partial charge in [0.2, 0.25) is 0 Å². The molecular formula is C84H68. The summed E-state index contributed by atoms with van der Waals surface area (Å²) in [6, 6.07) is 93.6. The molecule has 0 aromatic heterocycles. The average molecular weight is 1080 g/mol. The zero-order chi connectivity index (χ0) is 56.5. The molecule has 0 atom stereocenters. The van der Waals surface area contributed by atoms with Crippen molar-refractivity contribution < 1.29 is 0 Å². The van der Waals surface area contributed by atoms with Crippen molar-refractivity contribution in [3.8, 4) is 22.3 Å². The van der Waals surface area contributed by atoms with Gasteiger partial charge in [-0.05, 0) is 196 Å². The smallest absolute Gasteiger partial charge is 0.0726 e. The van der Waals surface area contributed by atoms with E-state index in [0.29, 0.717) is 0 Å². The van der Waals surface area contributed by atoms with Crippen LogP contribution in [0.3, 0.4) is 0 Å². The zero-order valence-electron chi connectivity index (χ0n) is 47.1. The van der Waals surface area contributed by atoms with E-state index in [1.165, 1.54) is 94.6 Å². The minimum Gasteiger partial charge on any atom is -0.0991 e. The Labute approximate surface area is 498 Å². The summed E-state index contributed by atoms with van der Waals surface area (Å²) >= 11 is 0. The molecule has 2 aliphatic rings. The molecule has 0 saturated heterocycles. The minimum absolute atomic E-state index is 0. The number of hydrogen-bond acceptors (Lipinski definition) is 0. The van der Waals surface area contributed by atoms with E-state index in [1.807, 2.05) is 18.2 Å². The molecule has 12 rings (SSSR count). The van der Waals surface area contributed by atoms with E-state index in [4.69, 9.17) is 0 Å². The summed E-state index contributed by atoms with van der Waals surface area (Å²) in [5.41, 5.74) is 27.4. The van der Waals surface area contributed by atoms with Crippen LogP contribution in [-0.4, -0.2) is 0 Å². The van der Waals surface area contributed by atoms with Crippen LogP contribution in [0.1, 0.15) is 99.2 Å². The Morgan fingerprint density at radius 3 is 0.893 bits per heavy atom. The molecule has 1 spiro atoms. The fourth-order valence-electron chi connectivity index (χ4n) is 12.4. The van der Waals surface area contributed by atoms with Crippen LogP contribution in [0.15, 0.2) is 333 Å². The Morgan fingerprint density at radius 2 is 0.631 bits per heavy atom. The van der Waals surface area contributed by atoms with Crippen LogP contribution in [0.25, 0.3) is 63.3 Å². The maximum absolute atomic E-state index is 4.15. The van der Waals surface area contributed by atoms with Gasteiger partial charge in [-0.15, -0.1) is 0 Å². The maximum Gasteiger partial charge on any atom is 0.0726 e. The summed E-state index contributed by atoms with van der Waals surface area (Å²) in [7, 11) is 0. The predicted molar refractivity (Wildman–Crippen MR) is 363 cm³/mol. The topological polar surface area (TPSA) is 0 Å². The van der Waals surface area contributed by atoms with Gasteiger partial charge in [0.1, 0.15) is 0 Å². The summed E-state index contributed by atoms with van der Waals surface area (Å²) in [6.45, 7) is 12.4. The first-order valence-electron chi connectivity index (χ1n) is 28.7. The van der Waals surface area contributed by atoms with Crippen LogP contribution in [0.5, 0.6) is 0 Å². The number of benzene rings is 10. The third-order valence-corrected chi connectivity index (χ3v) is 16.1. The summed E-state index contributed by atoms with van der Waals surface area (Å²) in [6.07, 6.45) is 25.9. The van der Waals surface area contributed by atoms with Crippen molar-refractivity contribution in [1.82, 2.24) is 0 Å². The van der Waals surface area contributed by atoms with Crippen LogP contribution in [0.4, 0.5) is 0 Å². The highest BCUT2D eigenvalue weighted by atomic mass is 14.5. The van der Waals surface area contributed by atoms with Crippen LogP contribution in [0, 0.1) is 0 Å². The van der Waals surface area contributed by atoms with Gasteiger partial charge in [-0.3, -0.25) is 0 Å². The fourth-order valence-corrected chi connectivity index (χ4v) is 12.4. The monoisotopic (exact) mass is 1080 g/mol. The minimum atomic E-state index is -0.759. The first kappa shape index (κ1) is 55.5. The molecule has 0 nitrogen and oxygen atoms in total. The van der Waals surface area contributed by atoms with Gasteiger partial charge in [0.15, 0.2) is 0 Å². The fraction of sp³-hybridized carbons (Fsp3) is 0.0476. The number of hydrogen-bond donors (Lipinski definition) is 0. The highest BCUT2D eigenvalue weighted by Gasteiger charge is 2.52. The van der Waals surface area contributed by atoms with E-state index < -0.39 is 5.41 Å². The quantitative estimate of drug-likeness (QED) is 0.0668. The van der Waals surface area contributed by atoms with Gasteiger partial charge in [0.05, 0.1) is 5.41 Å². The number of allylic oxidation sites excluding steroid dienone is 11. The molecule has 404 valence electrons. The van der Waals surface area contributed by atoms with E-state index in [2.05, 4.69) is 336 Å². The van der Waals surface area contributed by atoms with Gasteiger partial charge in [-0.25, -0.2) is 0 Å². The first-order chi connectivity index (χ1) is 41.0. The van der Waals surface area contributed by atoms with Crippen molar-refractivity contribution in [1.29, 1.82) is 0 Å². The molecule has 0 heterocycles. The molecule has 0 N–H and O–H groups in total. The van der Waals surface area contributed by atoms with Crippen LogP contribution in [-0.2, 0) is 5.41 Å². The lowest BCUT2D eigenvalue weighted by atomic mass is 9.69. The second kappa shape index (κ2) is 25.2. The Kier molecular flexibility index (Phi) is 16.6. The largest absolute Gasteiger partial charge is 0.0991 e. The lowest BCUT2D eigenvalue weighted by Crippen LogP contribution is -2.26. The van der Waals surface area contributed by atoms with Crippen molar-refractivity contribution in [3.63, 3.8) is 0 Å². The molecule has 0 radical (unpaired) electrons. The summed E-state index contributed by atoms with van der Waals surface area (Å²) < 4.78 is 0. The molecule has 0 heteroatoms. The Morgan fingerprint density at radius 1 is 0.333 bits per heavy atom. The molecule has 0 amide bonds. The van der Waals surface area contributed by atoms with Crippen molar-refractivity contribution in [2.24, 2.45) is 0 Å². The third-order valence-electron chi connectivity index (χ3n) is 16.1. The van der Waals surface area contributed by atoms with Crippen LogP contribution < -0.4 is 0 Å². The van der Waals surface area contributed by atoms with Crippen molar-refractivity contribution in [2.75, 3.05) is 0 Å². The Balaban J connectivity index is 0.00000736. The number of rotatable bonds is 16. The van der Waals surface area contributed by atoms with E-state index in [9.17, 15) is 0 Å². The van der Waals surface area contributed by atoms with Crippen LogP contribution in [0.2, 0.25) is 0 Å². The SMILES string of the molecule is C.C=C\C=C/C(=C\C)C(=C/c1ccc2c(c1)C1(c3cc(C=C(c4ccccc4)c4ccccc4)ccc3-c3ccc(C=C(c4ccccc4)c4ccccc4)cc31)c1cc(C=C(c3ccccc3)c3ccccc3)ccc1-2)/C(/C=C\C)=C/C=C. The van der Waals surface area contributed by atoms with Crippen molar-refractivity contribution in [2.45, 2.75) is 26.7 Å². The van der Waals surface area contributed by atoms with E-state index in [0.717, 1.165) is 39.0 Å². The summed E-state index contributed by atoms with van der Waals surface area (Å²) in [5.74, 6) is 0. The lowest BCUT2D eigenvalue weighted by Gasteiger charge is -2.31. The summed E-state index contributed by atoms with van der Waals surface area (Å²) in [4.78, 5) is 0. The molecular weight excluding hydrogens is 1010 g/mol. The molecule has 2 aliphatic carbocycles. The molecule has 84 heavy (non-hydrogen) atoms. The molecule has 10 aromatic carbocycles. The van der Waals surface area contributed by atoms with Gasteiger partial charge < -0.3 is 0 Å². The molecule has 0 unspecified atom stereocenters. The normalized spacial score (nSPS) is 12.9. The van der Waals surface area contributed by atoms with Gasteiger partial charge in [0.25, 0.3) is 0 Å². The molecule has 0 aliphatic heterocycles. The van der Waals surface area contributed by atoms with Gasteiger partial charge in [-0.2, -0.15) is 0 Å². The van der Waals surface area contributed by atoms with Crippen molar-refractivity contribution in [3.05, 3.63) is 411 Å². The lowest BCUT2D eigenvalue weighted by molar-refractivity contribution is 0.792. The predicted octanol–water partition coefficient (Wildman–Crippen LogP) is 22.2. The van der Waals surface area contributed by atoms with Gasteiger partial charge in [-0.1, -0.05) is 300 Å². The summed E-state index contributed by atoms with van der Waals surface area (Å²) in [5, 5.41) is 0. The average Bonchev–Trinajstić information content (AvgIpc) is 1.53. The van der Waals surface area contributed by atoms with Gasteiger partial charge in [0, 0.05) is 0 Å². The highest BCUT2D eigenvalue weighted by Crippen LogP contribution is 2.64. The Bertz CT molecular complexity index is 3870.